The first-order chi connectivity index (χ1) is 13.0. The lowest BCUT2D eigenvalue weighted by Gasteiger charge is -2.09. The largest absolute Gasteiger partial charge is 0.496 e. The van der Waals surface area contributed by atoms with E-state index < -0.39 is 0 Å². The van der Waals surface area contributed by atoms with Crippen LogP contribution in [0.3, 0.4) is 0 Å². The third-order valence-electron chi connectivity index (χ3n) is 3.29. The third kappa shape index (κ3) is 6.70. The molecule has 0 aliphatic carbocycles. The number of aromatic nitrogens is 1. The van der Waals surface area contributed by atoms with Crippen molar-refractivity contribution < 1.29 is 23.8 Å². The molecule has 0 atom stereocenters. The zero-order valence-electron chi connectivity index (χ0n) is 15.4. The highest BCUT2D eigenvalue weighted by Gasteiger charge is 2.08. The van der Waals surface area contributed by atoms with Gasteiger partial charge in [-0.2, -0.15) is 5.10 Å². The van der Waals surface area contributed by atoms with Gasteiger partial charge in [0, 0.05) is 17.9 Å². The summed E-state index contributed by atoms with van der Waals surface area (Å²) in [5, 5.41) is 6.49. The average molecular weight is 391 g/mol. The van der Waals surface area contributed by atoms with E-state index in [0.717, 1.165) is 11.1 Å². The lowest BCUT2D eigenvalue weighted by atomic mass is 10.1. The lowest BCUT2D eigenvalue weighted by molar-refractivity contribution is -0.143. The minimum Gasteiger partial charge on any atom is -0.496 e. The summed E-state index contributed by atoms with van der Waals surface area (Å²) in [4.78, 5) is 26.7. The van der Waals surface area contributed by atoms with Gasteiger partial charge in [-0.05, 0) is 30.7 Å². The SMILES string of the molecule is CCOC(=O)Cc1csc(NN=Cc2ccc(OC)c(COC(C)=O)c2)n1. The van der Waals surface area contributed by atoms with Crippen LogP contribution in [-0.4, -0.2) is 36.9 Å². The maximum absolute atomic E-state index is 11.5. The fraction of sp³-hybridized carbons (Fsp3) is 0.333. The first-order valence-electron chi connectivity index (χ1n) is 8.21. The van der Waals surface area contributed by atoms with Gasteiger partial charge in [-0.15, -0.1) is 11.3 Å². The van der Waals surface area contributed by atoms with E-state index in [9.17, 15) is 9.59 Å². The van der Waals surface area contributed by atoms with Crippen molar-refractivity contribution in [1.29, 1.82) is 0 Å². The number of ether oxygens (including phenoxy) is 3. The van der Waals surface area contributed by atoms with Gasteiger partial charge in [0.15, 0.2) is 0 Å². The molecule has 144 valence electrons. The number of carbonyl (C=O) groups excluding carboxylic acids is 2. The number of nitrogens with one attached hydrogen (secondary N) is 1. The molecule has 8 nitrogen and oxygen atoms in total. The zero-order valence-corrected chi connectivity index (χ0v) is 16.2. The smallest absolute Gasteiger partial charge is 0.311 e. The van der Waals surface area contributed by atoms with Crippen molar-refractivity contribution in [3.8, 4) is 5.75 Å². The maximum atomic E-state index is 11.5. The number of thiazole rings is 1. The quantitative estimate of drug-likeness (QED) is 0.399. The molecule has 9 heteroatoms. The van der Waals surface area contributed by atoms with Crippen molar-refractivity contribution in [1.82, 2.24) is 4.98 Å². The van der Waals surface area contributed by atoms with Gasteiger partial charge in [0.2, 0.25) is 5.13 Å². The Morgan fingerprint density at radius 3 is 2.85 bits per heavy atom. The van der Waals surface area contributed by atoms with Crippen molar-refractivity contribution in [3.63, 3.8) is 0 Å². The average Bonchev–Trinajstić information content (AvgIpc) is 3.07. The van der Waals surface area contributed by atoms with Gasteiger partial charge in [0.05, 0.1) is 32.0 Å². The summed E-state index contributed by atoms with van der Waals surface area (Å²) in [7, 11) is 1.55. The number of carbonyl (C=O) groups is 2. The van der Waals surface area contributed by atoms with E-state index in [1.165, 1.54) is 18.3 Å². The number of rotatable bonds is 9. The molecule has 1 N–H and O–H groups in total. The summed E-state index contributed by atoms with van der Waals surface area (Å²) in [5.41, 5.74) is 4.99. The topological polar surface area (TPSA) is 99.1 Å². The molecule has 0 bridgehead atoms. The molecule has 2 aromatic rings. The highest BCUT2D eigenvalue weighted by molar-refractivity contribution is 7.13. The number of anilines is 1. The summed E-state index contributed by atoms with van der Waals surface area (Å²) in [6.07, 6.45) is 1.75. The molecule has 0 radical (unpaired) electrons. The Morgan fingerprint density at radius 2 is 2.15 bits per heavy atom. The number of benzene rings is 1. The zero-order chi connectivity index (χ0) is 19.6. The Labute approximate surface area is 161 Å². The fourth-order valence-corrected chi connectivity index (χ4v) is 2.79. The van der Waals surface area contributed by atoms with Crippen LogP contribution in [0.2, 0.25) is 0 Å². The molecular weight excluding hydrogens is 370 g/mol. The van der Waals surface area contributed by atoms with Crippen LogP contribution in [0, 0.1) is 0 Å². The highest BCUT2D eigenvalue weighted by Crippen LogP contribution is 2.20. The van der Waals surface area contributed by atoms with Gasteiger partial charge in [-0.1, -0.05) is 0 Å². The number of methoxy groups -OCH3 is 1. The van der Waals surface area contributed by atoms with E-state index in [1.54, 1.807) is 31.7 Å². The standard InChI is InChI=1S/C18H21N3O5S/c1-4-25-17(23)8-15-11-27-18(20-15)21-19-9-13-5-6-16(24-3)14(7-13)10-26-12(2)22/h5-7,9,11H,4,8,10H2,1-3H3,(H,20,21). The van der Waals surface area contributed by atoms with Crippen molar-refractivity contribution in [2.24, 2.45) is 5.10 Å². The fourth-order valence-electron chi connectivity index (χ4n) is 2.13. The van der Waals surface area contributed by atoms with Gasteiger partial charge in [-0.3, -0.25) is 15.0 Å². The van der Waals surface area contributed by atoms with Gasteiger partial charge in [-0.25, -0.2) is 4.98 Å². The molecule has 0 spiro atoms. The predicted molar refractivity (Wildman–Crippen MR) is 102 cm³/mol. The van der Waals surface area contributed by atoms with Crippen LogP contribution in [0.4, 0.5) is 5.13 Å². The monoisotopic (exact) mass is 391 g/mol. The Bertz CT molecular complexity index is 819. The minimum absolute atomic E-state index is 0.122. The number of nitrogens with zero attached hydrogens (tertiary/aromatic N) is 2. The Kier molecular flexibility index (Phi) is 7.75. The summed E-state index contributed by atoms with van der Waals surface area (Å²) in [5.74, 6) is -0.0403. The van der Waals surface area contributed by atoms with E-state index in [0.29, 0.717) is 23.2 Å². The van der Waals surface area contributed by atoms with Crippen LogP contribution in [0.25, 0.3) is 0 Å². The first kappa shape index (κ1) is 20.4. The highest BCUT2D eigenvalue weighted by atomic mass is 32.1. The molecule has 1 aromatic heterocycles. The van der Waals surface area contributed by atoms with Crippen molar-refractivity contribution in [2.45, 2.75) is 26.9 Å². The molecule has 0 fully saturated rings. The second kappa shape index (κ2) is 10.3. The maximum Gasteiger partial charge on any atom is 0.311 e. The van der Waals surface area contributed by atoms with E-state index in [4.69, 9.17) is 14.2 Å². The normalized spacial score (nSPS) is 10.6. The van der Waals surface area contributed by atoms with E-state index in [-0.39, 0.29) is 25.0 Å². The molecule has 27 heavy (non-hydrogen) atoms. The van der Waals surface area contributed by atoms with Gasteiger partial charge in [0.25, 0.3) is 0 Å². The Hall–Kier alpha value is -2.94. The van der Waals surface area contributed by atoms with Crippen LogP contribution in [-0.2, 0) is 32.1 Å². The molecular formula is C18H21N3O5S. The van der Waals surface area contributed by atoms with Gasteiger partial charge < -0.3 is 14.2 Å². The molecule has 0 saturated heterocycles. The molecule has 0 aliphatic rings. The summed E-state index contributed by atoms with van der Waals surface area (Å²) in [6.45, 7) is 3.58. The van der Waals surface area contributed by atoms with Crippen molar-refractivity contribution in [2.75, 3.05) is 19.1 Å². The Balaban J connectivity index is 1.97. The summed E-state index contributed by atoms with van der Waals surface area (Å²) < 4.78 is 15.2. The van der Waals surface area contributed by atoms with Crippen LogP contribution >= 0.6 is 11.3 Å². The van der Waals surface area contributed by atoms with E-state index in [2.05, 4.69) is 15.5 Å². The number of hydrogen-bond acceptors (Lipinski definition) is 9. The third-order valence-corrected chi connectivity index (χ3v) is 4.09. The van der Waals surface area contributed by atoms with Crippen LogP contribution in [0.15, 0.2) is 28.7 Å². The summed E-state index contributed by atoms with van der Waals surface area (Å²) >= 11 is 1.34. The number of esters is 2. The van der Waals surface area contributed by atoms with E-state index in [1.807, 2.05) is 12.1 Å². The molecule has 2 rings (SSSR count). The second-order valence-electron chi connectivity index (χ2n) is 5.35. The van der Waals surface area contributed by atoms with Gasteiger partial charge in [0.1, 0.15) is 12.4 Å². The van der Waals surface area contributed by atoms with Crippen LogP contribution in [0.1, 0.15) is 30.7 Å². The van der Waals surface area contributed by atoms with Crippen LogP contribution < -0.4 is 10.2 Å². The molecule has 0 saturated carbocycles. The Morgan fingerprint density at radius 1 is 1.33 bits per heavy atom. The number of hydrogen-bond donors (Lipinski definition) is 1. The van der Waals surface area contributed by atoms with Crippen LogP contribution in [0.5, 0.6) is 5.75 Å². The minimum atomic E-state index is -0.361. The summed E-state index contributed by atoms with van der Waals surface area (Å²) in [6, 6.07) is 5.43. The second-order valence-corrected chi connectivity index (χ2v) is 6.21. The predicted octanol–water partition coefficient (Wildman–Crippen LogP) is 2.77. The van der Waals surface area contributed by atoms with Crippen molar-refractivity contribution in [3.05, 3.63) is 40.4 Å². The molecule has 0 amide bonds. The molecule has 1 heterocycles. The molecule has 0 unspecified atom stereocenters. The lowest BCUT2D eigenvalue weighted by Crippen LogP contribution is -2.07. The first-order valence-corrected chi connectivity index (χ1v) is 9.09. The number of hydrazone groups is 1. The molecule has 1 aromatic carbocycles. The van der Waals surface area contributed by atoms with Crippen molar-refractivity contribution >= 4 is 34.6 Å². The molecule has 0 aliphatic heterocycles. The van der Waals surface area contributed by atoms with Gasteiger partial charge >= 0.3 is 11.9 Å². The van der Waals surface area contributed by atoms with E-state index >= 15 is 0 Å².